The highest BCUT2D eigenvalue weighted by atomic mass is 19.1. The lowest BCUT2D eigenvalue weighted by Crippen LogP contribution is -2.41. The molecule has 1 aromatic rings. The van der Waals surface area contributed by atoms with Crippen LogP contribution in [0, 0.1) is 29.0 Å². The van der Waals surface area contributed by atoms with Gasteiger partial charge in [-0.05, 0) is 124 Å². The third kappa shape index (κ3) is 7.10. The van der Waals surface area contributed by atoms with Crippen molar-refractivity contribution in [1.82, 2.24) is 5.32 Å². The van der Waals surface area contributed by atoms with E-state index in [4.69, 9.17) is 0 Å². The first-order valence-corrected chi connectivity index (χ1v) is 14.9. The van der Waals surface area contributed by atoms with Crippen molar-refractivity contribution in [3.05, 3.63) is 71.1 Å². The van der Waals surface area contributed by atoms with Gasteiger partial charge in [-0.3, -0.25) is 4.79 Å². The summed E-state index contributed by atoms with van der Waals surface area (Å²) in [7, 11) is 0. The van der Waals surface area contributed by atoms with Crippen LogP contribution in [0.1, 0.15) is 102 Å². The topological polar surface area (TPSA) is 69.6 Å². The number of amides is 1. The largest absolute Gasteiger partial charge is 0.393 e. The van der Waals surface area contributed by atoms with E-state index in [1.807, 2.05) is 13.8 Å². The Morgan fingerprint density at radius 3 is 2.67 bits per heavy atom. The van der Waals surface area contributed by atoms with Crippen LogP contribution in [0.4, 0.5) is 4.39 Å². The summed E-state index contributed by atoms with van der Waals surface area (Å²) in [6.07, 6.45) is 14.0. The van der Waals surface area contributed by atoms with E-state index in [0.29, 0.717) is 41.6 Å². The molecule has 4 nitrogen and oxygen atoms in total. The van der Waals surface area contributed by atoms with Crippen LogP contribution in [0.2, 0.25) is 0 Å². The van der Waals surface area contributed by atoms with Crippen molar-refractivity contribution in [1.29, 1.82) is 0 Å². The molecule has 0 unspecified atom stereocenters. The minimum Gasteiger partial charge on any atom is -0.393 e. The summed E-state index contributed by atoms with van der Waals surface area (Å²) >= 11 is 0. The van der Waals surface area contributed by atoms with Crippen LogP contribution in [-0.2, 0) is 0 Å². The number of nitrogens with one attached hydrogen (secondary N) is 1. The van der Waals surface area contributed by atoms with Crippen molar-refractivity contribution >= 4 is 5.91 Å². The first kappa shape index (κ1) is 29.7. The zero-order valence-electron chi connectivity index (χ0n) is 24.3. The zero-order valence-corrected chi connectivity index (χ0v) is 24.3. The van der Waals surface area contributed by atoms with Gasteiger partial charge in [0.1, 0.15) is 5.82 Å². The summed E-state index contributed by atoms with van der Waals surface area (Å²) in [6.45, 7) is 13.0. The Kier molecular flexibility index (Phi) is 9.22. The summed E-state index contributed by atoms with van der Waals surface area (Å²) in [6, 6.07) is 5.14. The van der Waals surface area contributed by atoms with Crippen LogP contribution >= 0.6 is 0 Å². The van der Waals surface area contributed by atoms with Crippen LogP contribution in [0.3, 0.4) is 0 Å². The first-order valence-electron chi connectivity index (χ1n) is 14.9. The maximum atomic E-state index is 13.3. The Balaban J connectivity index is 1.44. The predicted molar refractivity (Wildman–Crippen MR) is 156 cm³/mol. The van der Waals surface area contributed by atoms with Crippen molar-refractivity contribution in [2.75, 3.05) is 0 Å². The highest BCUT2D eigenvalue weighted by Gasteiger charge is 2.50. The van der Waals surface area contributed by atoms with Gasteiger partial charge in [0.25, 0.3) is 5.91 Å². The Labute approximate surface area is 234 Å². The van der Waals surface area contributed by atoms with E-state index in [0.717, 1.165) is 30.4 Å². The number of hydrogen-bond acceptors (Lipinski definition) is 3. The molecular formula is C34H48FNO3. The van der Waals surface area contributed by atoms with Gasteiger partial charge in [-0.1, -0.05) is 51.0 Å². The minimum absolute atomic E-state index is 0.287. The van der Waals surface area contributed by atoms with Crippen LogP contribution in [0.5, 0.6) is 0 Å². The van der Waals surface area contributed by atoms with Crippen LogP contribution in [0.15, 0.2) is 59.7 Å². The van der Waals surface area contributed by atoms with Crippen molar-refractivity contribution in [3.8, 4) is 0 Å². The third-order valence-electron chi connectivity index (χ3n) is 9.88. The number of hydrogen-bond donors (Lipinski definition) is 3. The number of rotatable bonds is 8. The molecule has 3 aliphatic carbocycles. The lowest BCUT2D eigenvalue weighted by Gasteiger charge is -2.44. The molecule has 1 aromatic carbocycles. The molecule has 0 aromatic heterocycles. The van der Waals surface area contributed by atoms with Gasteiger partial charge in [-0.25, -0.2) is 4.39 Å². The smallest absolute Gasteiger partial charge is 0.251 e. The van der Waals surface area contributed by atoms with Gasteiger partial charge >= 0.3 is 0 Å². The lowest BCUT2D eigenvalue weighted by molar-refractivity contribution is 0.0596. The summed E-state index contributed by atoms with van der Waals surface area (Å²) in [5.74, 6) is 1.28. The number of fused-ring (bicyclic) bond motifs is 1. The molecule has 0 aliphatic heterocycles. The van der Waals surface area contributed by atoms with Gasteiger partial charge < -0.3 is 15.5 Å². The summed E-state index contributed by atoms with van der Waals surface area (Å²) in [4.78, 5) is 12.7. The monoisotopic (exact) mass is 537 g/mol. The van der Waals surface area contributed by atoms with Crippen molar-refractivity contribution in [2.45, 2.75) is 110 Å². The number of allylic oxidation sites excluding steroid dienone is 3. The maximum absolute atomic E-state index is 13.3. The van der Waals surface area contributed by atoms with E-state index < -0.39 is 11.7 Å². The van der Waals surface area contributed by atoms with Crippen LogP contribution in [0.25, 0.3) is 0 Å². The first-order chi connectivity index (χ1) is 18.4. The second-order valence-corrected chi connectivity index (χ2v) is 13.4. The molecule has 214 valence electrons. The molecule has 0 spiro atoms. The second kappa shape index (κ2) is 12.1. The van der Waals surface area contributed by atoms with E-state index in [9.17, 15) is 19.4 Å². The molecule has 39 heavy (non-hydrogen) atoms. The quantitative estimate of drug-likeness (QED) is 0.326. The average Bonchev–Trinajstić information content (AvgIpc) is 3.22. The fraction of sp³-hybridized carbons (Fsp3) is 0.618. The number of carbonyl (C=O) groups is 1. The molecule has 0 bridgehead atoms. The van der Waals surface area contributed by atoms with Gasteiger partial charge in [-0.2, -0.15) is 0 Å². The molecule has 6 atom stereocenters. The number of carbonyl (C=O) groups excluding carboxylic acids is 1. The second-order valence-electron chi connectivity index (χ2n) is 13.4. The van der Waals surface area contributed by atoms with E-state index in [1.165, 1.54) is 61.9 Å². The Morgan fingerprint density at radius 2 is 1.97 bits per heavy atom. The van der Waals surface area contributed by atoms with Crippen molar-refractivity contribution in [3.63, 3.8) is 0 Å². The van der Waals surface area contributed by atoms with E-state index in [1.54, 1.807) is 0 Å². The molecule has 3 fully saturated rings. The average molecular weight is 538 g/mol. The lowest BCUT2D eigenvalue weighted by atomic mass is 9.60. The van der Waals surface area contributed by atoms with Crippen LogP contribution < -0.4 is 5.32 Å². The van der Waals surface area contributed by atoms with Gasteiger partial charge in [0.2, 0.25) is 0 Å². The number of halogens is 1. The molecule has 1 amide bonds. The Bertz CT molecular complexity index is 1100. The van der Waals surface area contributed by atoms with Crippen molar-refractivity contribution < 1.29 is 19.4 Å². The molecular weight excluding hydrogens is 489 g/mol. The molecule has 3 saturated carbocycles. The number of aliphatic hydroxyl groups excluding tert-OH is 1. The van der Waals surface area contributed by atoms with Gasteiger partial charge in [0.05, 0.1) is 17.7 Å². The predicted octanol–water partition coefficient (Wildman–Crippen LogP) is 7.28. The van der Waals surface area contributed by atoms with E-state index >= 15 is 0 Å². The van der Waals surface area contributed by atoms with Gasteiger partial charge in [-0.15, -0.1) is 0 Å². The normalized spacial score (nSPS) is 32.3. The Hall–Kier alpha value is -2.24. The fourth-order valence-electron chi connectivity index (χ4n) is 7.75. The third-order valence-corrected chi connectivity index (χ3v) is 9.88. The standard InChI is InChI=1S/C34H48FNO3/c1-22(8-6-18-33(3,4)39)29-16-17-30-24(9-7-19-34(29,30)5)10-11-26-20-28(37)21-31(23(26)2)36-32(38)25-12-14-27(35)15-13-25/h10-15,22,28-31,37,39H,2,6-9,16-21H2,1,3-5H3,(H,36,38)/b24-10+,26-11-/t22-,28-,29-,30+,31+,34-/m1/s1. The fourth-order valence-corrected chi connectivity index (χ4v) is 7.75. The van der Waals surface area contributed by atoms with E-state index in [-0.39, 0.29) is 17.8 Å². The van der Waals surface area contributed by atoms with Gasteiger partial charge in [0, 0.05) is 5.56 Å². The summed E-state index contributed by atoms with van der Waals surface area (Å²) in [5.41, 5.74) is 3.47. The molecule has 0 radical (unpaired) electrons. The zero-order chi connectivity index (χ0) is 28.4. The van der Waals surface area contributed by atoms with Crippen molar-refractivity contribution in [2.24, 2.45) is 23.2 Å². The minimum atomic E-state index is -0.588. The SMILES string of the molecule is C=C1/C(=C\C=C2/CCC[C@]3(C)[C@@H]([C@H](C)CCCC(C)(C)O)CC[C@@H]23)C[C@@H](O)C[C@@H]1NC(=O)c1ccc(F)cc1. The molecule has 3 aliphatic rings. The molecule has 4 rings (SSSR count). The summed E-state index contributed by atoms with van der Waals surface area (Å²) < 4.78 is 13.3. The molecule has 0 heterocycles. The maximum Gasteiger partial charge on any atom is 0.251 e. The number of aliphatic hydroxyl groups is 2. The van der Waals surface area contributed by atoms with Gasteiger partial charge in [0.15, 0.2) is 0 Å². The number of benzene rings is 1. The molecule has 5 heteroatoms. The highest BCUT2D eigenvalue weighted by molar-refractivity contribution is 5.94. The van der Waals surface area contributed by atoms with Crippen LogP contribution in [-0.4, -0.2) is 33.9 Å². The molecule has 0 saturated heterocycles. The molecule has 3 N–H and O–H groups in total. The summed E-state index contributed by atoms with van der Waals surface area (Å²) in [5, 5.41) is 23.7. The Morgan fingerprint density at radius 1 is 1.26 bits per heavy atom. The highest BCUT2D eigenvalue weighted by Crippen LogP contribution is 2.60. The van der Waals surface area contributed by atoms with E-state index in [2.05, 4.69) is 37.9 Å².